The first-order valence-electron chi connectivity index (χ1n) is 6.50. The van der Waals surface area contributed by atoms with Crippen LogP contribution in [-0.4, -0.2) is 43.2 Å². The minimum atomic E-state index is -0.102. The van der Waals surface area contributed by atoms with Gasteiger partial charge in [0.05, 0.1) is 13.0 Å². The van der Waals surface area contributed by atoms with E-state index in [-0.39, 0.29) is 11.9 Å². The van der Waals surface area contributed by atoms with Crippen molar-refractivity contribution in [3.8, 4) is 0 Å². The van der Waals surface area contributed by atoms with Crippen molar-refractivity contribution in [1.82, 2.24) is 9.97 Å². The molecular formula is C13H20N4O2. The molecule has 2 heterocycles. The molecule has 1 saturated heterocycles. The maximum absolute atomic E-state index is 11.5. The topological polar surface area (TPSA) is 67.4 Å². The number of esters is 1. The molecule has 0 spiro atoms. The molecule has 1 aromatic heterocycles. The number of anilines is 2. The van der Waals surface area contributed by atoms with Gasteiger partial charge in [0.2, 0.25) is 0 Å². The van der Waals surface area contributed by atoms with E-state index >= 15 is 0 Å². The molecular weight excluding hydrogens is 244 g/mol. The Bertz CT molecular complexity index is 456. The minimum absolute atomic E-state index is 0.0213. The highest BCUT2D eigenvalue weighted by atomic mass is 16.5. The Balaban J connectivity index is 2.05. The number of methoxy groups -OCH3 is 1. The van der Waals surface area contributed by atoms with Gasteiger partial charge in [0.15, 0.2) is 0 Å². The average molecular weight is 264 g/mol. The smallest absolute Gasteiger partial charge is 0.308 e. The Labute approximate surface area is 113 Å². The molecule has 0 aromatic carbocycles. The Kier molecular flexibility index (Phi) is 4.19. The number of carbonyl (C=O) groups excluding carboxylic acids is 1. The lowest BCUT2D eigenvalue weighted by Crippen LogP contribution is -2.37. The molecule has 1 aromatic rings. The molecule has 2 rings (SSSR count). The zero-order chi connectivity index (χ0) is 13.8. The molecule has 0 aliphatic carbocycles. The zero-order valence-corrected chi connectivity index (χ0v) is 11.6. The molecule has 0 radical (unpaired) electrons. The predicted octanol–water partition coefficient (Wildman–Crippen LogP) is 1.22. The second-order valence-electron chi connectivity index (χ2n) is 4.69. The third-order valence-corrected chi connectivity index (χ3v) is 3.43. The van der Waals surface area contributed by atoms with Crippen molar-refractivity contribution in [2.75, 3.05) is 37.5 Å². The summed E-state index contributed by atoms with van der Waals surface area (Å²) in [5, 5.41) is 3.03. The van der Waals surface area contributed by atoms with Crippen LogP contribution < -0.4 is 10.2 Å². The van der Waals surface area contributed by atoms with Gasteiger partial charge in [-0.3, -0.25) is 4.79 Å². The third-order valence-electron chi connectivity index (χ3n) is 3.43. The van der Waals surface area contributed by atoms with E-state index in [1.165, 1.54) is 7.11 Å². The van der Waals surface area contributed by atoms with E-state index in [2.05, 4.69) is 20.2 Å². The lowest BCUT2D eigenvalue weighted by molar-refractivity contribution is -0.146. The van der Waals surface area contributed by atoms with Gasteiger partial charge in [-0.1, -0.05) is 0 Å². The summed E-state index contributed by atoms with van der Waals surface area (Å²) in [7, 11) is 3.29. The SMILES string of the molecule is CNc1cc(N2CCC(C(=O)OC)CC2)nc(C)n1. The van der Waals surface area contributed by atoms with Crippen LogP contribution in [0.25, 0.3) is 0 Å². The van der Waals surface area contributed by atoms with Crippen LogP contribution in [-0.2, 0) is 9.53 Å². The van der Waals surface area contributed by atoms with Gasteiger partial charge >= 0.3 is 5.97 Å². The summed E-state index contributed by atoms with van der Waals surface area (Å²) in [6.07, 6.45) is 1.62. The summed E-state index contributed by atoms with van der Waals surface area (Å²) in [5.74, 6) is 2.40. The van der Waals surface area contributed by atoms with Crippen LogP contribution in [0.5, 0.6) is 0 Å². The van der Waals surface area contributed by atoms with Gasteiger partial charge in [0.25, 0.3) is 0 Å². The third kappa shape index (κ3) is 3.13. The fourth-order valence-electron chi connectivity index (χ4n) is 2.35. The van der Waals surface area contributed by atoms with Crippen LogP contribution in [0.3, 0.4) is 0 Å². The molecule has 0 saturated carbocycles. The molecule has 0 atom stereocenters. The van der Waals surface area contributed by atoms with E-state index in [0.717, 1.165) is 43.4 Å². The van der Waals surface area contributed by atoms with Gasteiger partial charge in [-0.2, -0.15) is 0 Å². The Morgan fingerprint density at radius 2 is 2.11 bits per heavy atom. The quantitative estimate of drug-likeness (QED) is 0.828. The highest BCUT2D eigenvalue weighted by Gasteiger charge is 2.26. The van der Waals surface area contributed by atoms with Crippen LogP contribution in [0.4, 0.5) is 11.6 Å². The first-order valence-corrected chi connectivity index (χ1v) is 6.50. The zero-order valence-electron chi connectivity index (χ0n) is 11.6. The van der Waals surface area contributed by atoms with Gasteiger partial charge in [0, 0.05) is 26.2 Å². The molecule has 6 heteroatoms. The molecule has 0 unspecified atom stereocenters. The summed E-state index contributed by atoms with van der Waals surface area (Å²) in [5.41, 5.74) is 0. The number of carbonyl (C=O) groups is 1. The summed E-state index contributed by atoms with van der Waals surface area (Å²) < 4.78 is 4.79. The van der Waals surface area contributed by atoms with Crippen LogP contribution >= 0.6 is 0 Å². The van der Waals surface area contributed by atoms with Crippen molar-refractivity contribution in [1.29, 1.82) is 0 Å². The van der Waals surface area contributed by atoms with Gasteiger partial charge in [-0.15, -0.1) is 0 Å². The monoisotopic (exact) mass is 264 g/mol. The minimum Gasteiger partial charge on any atom is -0.469 e. The molecule has 19 heavy (non-hydrogen) atoms. The number of ether oxygens (including phenoxy) is 1. The van der Waals surface area contributed by atoms with E-state index in [4.69, 9.17) is 4.74 Å². The number of hydrogen-bond donors (Lipinski definition) is 1. The number of rotatable bonds is 3. The number of nitrogens with zero attached hydrogens (tertiary/aromatic N) is 3. The molecule has 1 aliphatic rings. The maximum Gasteiger partial charge on any atom is 0.308 e. The normalized spacial score (nSPS) is 16.3. The van der Waals surface area contributed by atoms with E-state index in [9.17, 15) is 4.79 Å². The lowest BCUT2D eigenvalue weighted by Gasteiger charge is -2.31. The fraction of sp³-hybridized carbons (Fsp3) is 0.615. The highest BCUT2D eigenvalue weighted by molar-refractivity contribution is 5.72. The summed E-state index contributed by atoms with van der Waals surface area (Å²) in [6, 6.07) is 1.94. The predicted molar refractivity (Wildman–Crippen MR) is 73.3 cm³/mol. The maximum atomic E-state index is 11.5. The summed E-state index contributed by atoms with van der Waals surface area (Å²) in [6.45, 7) is 3.52. The van der Waals surface area contributed by atoms with Crippen molar-refractivity contribution >= 4 is 17.6 Å². The second kappa shape index (κ2) is 5.86. The first kappa shape index (κ1) is 13.6. The second-order valence-corrected chi connectivity index (χ2v) is 4.69. The number of nitrogens with one attached hydrogen (secondary N) is 1. The van der Waals surface area contributed by atoms with Gasteiger partial charge in [-0.25, -0.2) is 9.97 Å². The van der Waals surface area contributed by atoms with Gasteiger partial charge in [0.1, 0.15) is 17.5 Å². The number of piperidine rings is 1. The van der Waals surface area contributed by atoms with E-state index in [1.54, 1.807) is 0 Å². The number of aromatic nitrogens is 2. The van der Waals surface area contributed by atoms with Crippen LogP contribution in [0.2, 0.25) is 0 Å². The first-order chi connectivity index (χ1) is 9.13. The van der Waals surface area contributed by atoms with Crippen molar-refractivity contribution in [3.63, 3.8) is 0 Å². The lowest BCUT2D eigenvalue weighted by atomic mass is 9.97. The van der Waals surface area contributed by atoms with Crippen LogP contribution in [0.1, 0.15) is 18.7 Å². The molecule has 0 amide bonds. The average Bonchev–Trinajstić information content (AvgIpc) is 2.46. The van der Waals surface area contributed by atoms with Crippen molar-refractivity contribution < 1.29 is 9.53 Å². The molecule has 1 N–H and O–H groups in total. The molecule has 0 bridgehead atoms. The Hall–Kier alpha value is -1.85. The van der Waals surface area contributed by atoms with E-state index in [1.807, 2.05) is 20.0 Å². The van der Waals surface area contributed by atoms with E-state index < -0.39 is 0 Å². The van der Waals surface area contributed by atoms with Crippen molar-refractivity contribution in [2.45, 2.75) is 19.8 Å². The fourth-order valence-corrected chi connectivity index (χ4v) is 2.35. The molecule has 1 aliphatic heterocycles. The van der Waals surface area contributed by atoms with Gasteiger partial charge in [-0.05, 0) is 19.8 Å². The van der Waals surface area contributed by atoms with Crippen molar-refractivity contribution in [3.05, 3.63) is 11.9 Å². The van der Waals surface area contributed by atoms with Crippen molar-refractivity contribution in [2.24, 2.45) is 5.92 Å². The number of aryl methyl sites for hydroxylation is 1. The van der Waals surface area contributed by atoms with E-state index in [0.29, 0.717) is 0 Å². The number of hydrogen-bond acceptors (Lipinski definition) is 6. The highest BCUT2D eigenvalue weighted by Crippen LogP contribution is 2.24. The standard InChI is InChI=1S/C13H20N4O2/c1-9-15-11(14-2)8-12(16-9)17-6-4-10(5-7-17)13(18)19-3/h8,10H,4-7H2,1-3H3,(H,14,15,16). The Morgan fingerprint density at radius 1 is 1.42 bits per heavy atom. The summed E-state index contributed by atoms with van der Waals surface area (Å²) >= 11 is 0. The Morgan fingerprint density at radius 3 is 2.68 bits per heavy atom. The van der Waals surface area contributed by atoms with Crippen LogP contribution in [0, 0.1) is 12.8 Å². The molecule has 104 valence electrons. The molecule has 6 nitrogen and oxygen atoms in total. The van der Waals surface area contributed by atoms with Gasteiger partial charge < -0.3 is 15.0 Å². The largest absolute Gasteiger partial charge is 0.469 e. The summed E-state index contributed by atoms with van der Waals surface area (Å²) in [4.78, 5) is 22.4. The van der Waals surface area contributed by atoms with Crippen LogP contribution in [0.15, 0.2) is 6.07 Å². The molecule has 1 fully saturated rings.